The molecule has 0 radical (unpaired) electrons. The number of hydrogen-bond donors (Lipinski definition) is 1. The topological polar surface area (TPSA) is 35.9 Å². The lowest BCUT2D eigenvalue weighted by atomic mass is 9.95. The highest BCUT2D eigenvalue weighted by molar-refractivity contribution is 5.41. The van der Waals surface area contributed by atoms with Crippen molar-refractivity contribution >= 4 is 0 Å². The maximum atomic E-state index is 10.7. The Balaban J connectivity index is 1.79. The van der Waals surface area contributed by atoms with Crippen molar-refractivity contribution in [3.8, 4) is 5.75 Å². The van der Waals surface area contributed by atoms with Gasteiger partial charge in [0, 0.05) is 31.7 Å². The first-order valence-electron chi connectivity index (χ1n) is 7.55. The molecule has 0 spiro atoms. The quantitative estimate of drug-likeness (QED) is 0.883. The summed E-state index contributed by atoms with van der Waals surface area (Å²) in [6.45, 7) is 6.85. The smallest absolute Gasteiger partial charge is 0.125 e. The molecular weight excluding hydrogens is 252 g/mol. The van der Waals surface area contributed by atoms with Crippen molar-refractivity contribution in [2.24, 2.45) is 0 Å². The number of nitrogens with zero attached hydrogens (tertiary/aromatic N) is 2. The Morgan fingerprint density at radius 2 is 2.00 bits per heavy atom. The maximum Gasteiger partial charge on any atom is 0.125 e. The molecule has 0 bridgehead atoms. The molecule has 3 rings (SSSR count). The first-order chi connectivity index (χ1) is 9.69. The van der Waals surface area contributed by atoms with Gasteiger partial charge < -0.3 is 14.7 Å². The fourth-order valence-corrected chi connectivity index (χ4v) is 3.11. The molecule has 2 atom stereocenters. The van der Waals surface area contributed by atoms with Crippen LogP contribution in [0, 0.1) is 0 Å². The van der Waals surface area contributed by atoms with E-state index in [1.54, 1.807) is 0 Å². The van der Waals surface area contributed by atoms with E-state index in [0.29, 0.717) is 6.61 Å². The molecule has 2 unspecified atom stereocenters. The van der Waals surface area contributed by atoms with Gasteiger partial charge in [0.15, 0.2) is 0 Å². The molecule has 0 saturated carbocycles. The summed E-state index contributed by atoms with van der Waals surface area (Å²) in [5, 5.41) is 10.7. The van der Waals surface area contributed by atoms with Crippen LogP contribution < -0.4 is 4.74 Å². The monoisotopic (exact) mass is 276 g/mol. The molecule has 110 valence electrons. The normalized spacial score (nSPS) is 27.9. The van der Waals surface area contributed by atoms with E-state index in [1.807, 2.05) is 6.07 Å². The van der Waals surface area contributed by atoms with Crippen LogP contribution in [0.4, 0.5) is 0 Å². The lowest BCUT2D eigenvalue weighted by Crippen LogP contribution is -2.53. The number of rotatable bonds is 2. The molecule has 1 aromatic rings. The molecule has 2 aliphatic heterocycles. The standard InChI is InChI=1S/C16H24N2O2/c1-3-12-4-5-15-13(10-12)16(19)14(11-20-15)18-8-6-17(2)7-9-18/h4-5,10,14,16,19H,3,6-9,11H2,1-2H3. The fraction of sp³-hybridized carbons (Fsp3) is 0.625. The number of piperazine rings is 1. The Bertz CT molecular complexity index is 470. The van der Waals surface area contributed by atoms with E-state index in [-0.39, 0.29) is 6.04 Å². The van der Waals surface area contributed by atoms with Crippen LogP contribution in [-0.2, 0) is 6.42 Å². The number of aliphatic hydroxyl groups is 1. The van der Waals surface area contributed by atoms with Crippen molar-refractivity contribution in [1.29, 1.82) is 0 Å². The third kappa shape index (κ3) is 2.55. The zero-order valence-corrected chi connectivity index (χ0v) is 12.4. The molecule has 4 nitrogen and oxygen atoms in total. The Morgan fingerprint density at radius 3 is 2.70 bits per heavy atom. The molecule has 1 N–H and O–H groups in total. The van der Waals surface area contributed by atoms with E-state index >= 15 is 0 Å². The summed E-state index contributed by atoms with van der Waals surface area (Å²) < 4.78 is 5.87. The third-order valence-corrected chi connectivity index (χ3v) is 4.58. The number of aryl methyl sites for hydroxylation is 1. The fourth-order valence-electron chi connectivity index (χ4n) is 3.11. The van der Waals surface area contributed by atoms with Crippen LogP contribution in [0.25, 0.3) is 0 Å². The first kappa shape index (κ1) is 13.9. The van der Waals surface area contributed by atoms with Crippen molar-refractivity contribution < 1.29 is 9.84 Å². The number of hydrogen-bond acceptors (Lipinski definition) is 4. The summed E-state index contributed by atoms with van der Waals surface area (Å²) in [6, 6.07) is 6.27. The van der Waals surface area contributed by atoms with Crippen LogP contribution in [0.15, 0.2) is 18.2 Å². The van der Waals surface area contributed by atoms with Crippen LogP contribution in [0.1, 0.15) is 24.2 Å². The predicted molar refractivity (Wildman–Crippen MR) is 79.1 cm³/mol. The van der Waals surface area contributed by atoms with Gasteiger partial charge in [0.05, 0.1) is 6.04 Å². The van der Waals surface area contributed by atoms with E-state index in [0.717, 1.165) is 43.9 Å². The Kier molecular flexibility index (Phi) is 3.96. The molecule has 2 heterocycles. The van der Waals surface area contributed by atoms with Crippen molar-refractivity contribution in [3.63, 3.8) is 0 Å². The first-order valence-corrected chi connectivity index (χ1v) is 7.55. The molecule has 20 heavy (non-hydrogen) atoms. The minimum Gasteiger partial charge on any atom is -0.491 e. The molecule has 1 aromatic carbocycles. The highest BCUT2D eigenvalue weighted by Gasteiger charge is 2.34. The summed E-state index contributed by atoms with van der Waals surface area (Å²) in [4.78, 5) is 4.70. The van der Waals surface area contributed by atoms with Gasteiger partial charge in [0.25, 0.3) is 0 Å². The van der Waals surface area contributed by atoms with Crippen LogP contribution >= 0.6 is 0 Å². The summed E-state index contributed by atoms with van der Waals surface area (Å²) >= 11 is 0. The van der Waals surface area contributed by atoms with E-state index in [4.69, 9.17) is 4.74 Å². The Morgan fingerprint density at radius 1 is 1.25 bits per heavy atom. The predicted octanol–water partition coefficient (Wildman–Crippen LogP) is 1.29. The molecule has 0 aromatic heterocycles. The third-order valence-electron chi connectivity index (χ3n) is 4.58. The molecular formula is C16H24N2O2. The van der Waals surface area contributed by atoms with Crippen molar-refractivity contribution in [1.82, 2.24) is 9.80 Å². The average molecular weight is 276 g/mol. The van der Waals surface area contributed by atoms with Crippen LogP contribution in [0.3, 0.4) is 0 Å². The second-order valence-corrected chi connectivity index (χ2v) is 5.89. The van der Waals surface area contributed by atoms with Crippen LogP contribution in [0.2, 0.25) is 0 Å². The number of fused-ring (bicyclic) bond motifs is 1. The second kappa shape index (κ2) is 5.72. The van der Waals surface area contributed by atoms with Gasteiger partial charge in [-0.25, -0.2) is 0 Å². The van der Waals surface area contributed by atoms with Gasteiger partial charge in [-0.15, -0.1) is 0 Å². The van der Waals surface area contributed by atoms with E-state index in [2.05, 4.69) is 35.9 Å². The van der Waals surface area contributed by atoms with Crippen molar-refractivity contribution in [2.45, 2.75) is 25.5 Å². The number of benzene rings is 1. The van der Waals surface area contributed by atoms with Gasteiger partial charge in [0.1, 0.15) is 18.5 Å². The van der Waals surface area contributed by atoms with Gasteiger partial charge in [-0.3, -0.25) is 4.90 Å². The minimum absolute atomic E-state index is 0.0864. The number of aliphatic hydroxyl groups excluding tert-OH is 1. The Labute approximate surface area is 120 Å². The zero-order valence-electron chi connectivity index (χ0n) is 12.4. The van der Waals surface area contributed by atoms with E-state index in [9.17, 15) is 5.11 Å². The van der Waals surface area contributed by atoms with Crippen molar-refractivity contribution in [3.05, 3.63) is 29.3 Å². The molecule has 2 aliphatic rings. The molecule has 1 saturated heterocycles. The SMILES string of the molecule is CCc1ccc2c(c1)C(O)C(N1CCN(C)CC1)CO2. The van der Waals surface area contributed by atoms with Crippen LogP contribution in [-0.4, -0.2) is 60.8 Å². The highest BCUT2D eigenvalue weighted by Crippen LogP contribution is 2.35. The van der Waals surface area contributed by atoms with Gasteiger partial charge in [-0.2, -0.15) is 0 Å². The summed E-state index contributed by atoms with van der Waals surface area (Å²) in [5.74, 6) is 0.847. The number of ether oxygens (including phenoxy) is 1. The highest BCUT2D eigenvalue weighted by atomic mass is 16.5. The molecule has 1 fully saturated rings. The van der Waals surface area contributed by atoms with E-state index < -0.39 is 6.10 Å². The molecule has 0 aliphatic carbocycles. The van der Waals surface area contributed by atoms with Crippen molar-refractivity contribution in [2.75, 3.05) is 39.8 Å². The summed E-state index contributed by atoms with van der Waals surface area (Å²) in [7, 11) is 2.15. The average Bonchev–Trinajstić information content (AvgIpc) is 2.49. The lowest BCUT2D eigenvalue weighted by Gasteiger charge is -2.42. The summed E-state index contributed by atoms with van der Waals surface area (Å²) in [5.41, 5.74) is 2.21. The molecule has 4 heteroatoms. The maximum absolute atomic E-state index is 10.7. The van der Waals surface area contributed by atoms with E-state index in [1.165, 1.54) is 5.56 Å². The second-order valence-electron chi connectivity index (χ2n) is 5.89. The minimum atomic E-state index is -0.436. The summed E-state index contributed by atoms with van der Waals surface area (Å²) in [6.07, 6.45) is 0.549. The number of likely N-dealkylation sites (N-methyl/N-ethyl adjacent to an activating group) is 1. The zero-order chi connectivity index (χ0) is 14.1. The molecule has 0 amide bonds. The van der Waals surface area contributed by atoms with Gasteiger partial charge in [-0.1, -0.05) is 13.0 Å². The lowest BCUT2D eigenvalue weighted by molar-refractivity contribution is -0.0141. The van der Waals surface area contributed by atoms with Gasteiger partial charge in [0.2, 0.25) is 0 Å². The van der Waals surface area contributed by atoms with Crippen LogP contribution in [0.5, 0.6) is 5.75 Å². The van der Waals surface area contributed by atoms with Gasteiger partial charge in [-0.05, 0) is 31.2 Å². The Hall–Kier alpha value is -1.10. The largest absolute Gasteiger partial charge is 0.491 e. The van der Waals surface area contributed by atoms with Gasteiger partial charge >= 0.3 is 0 Å².